The molecule has 1 unspecified atom stereocenters. The van der Waals surface area contributed by atoms with Gasteiger partial charge in [-0.2, -0.15) is 0 Å². The van der Waals surface area contributed by atoms with Crippen LogP contribution in [0.25, 0.3) is 39.5 Å². The highest BCUT2D eigenvalue weighted by molar-refractivity contribution is 7.80. The summed E-state index contributed by atoms with van der Waals surface area (Å²) in [7, 11) is 0. The van der Waals surface area contributed by atoms with Crippen LogP contribution in [0.15, 0.2) is 216 Å². The molecule has 1 aliphatic carbocycles. The van der Waals surface area contributed by atoms with Crippen LogP contribution in [0.1, 0.15) is 77.7 Å². The standard InChI is InChI=1S/C58H49NS/c1-4-43-21-17-18-30-48(43)53-37-42(33-34-57(53)60)35-40(2)36-56(45-24-11-6-12-25-45)59-41(3)50-38-52-49-31-19-20-32-54(49)58(46-26-13-7-14-27-46,47-28-15-8-16-29-47)55(52)39-51(50)44-22-9-5-10-23-44/h5-35,37-39,41,60H,4,36H2,1-3H3/b40-35-,59-56+. The minimum absolute atomic E-state index is 0.135. The number of aryl methyl sites for hydroxylation is 1. The molecule has 9 rings (SSSR count). The summed E-state index contributed by atoms with van der Waals surface area (Å²) in [6.45, 7) is 6.71. The Bertz CT molecular complexity index is 2800. The fourth-order valence-electron chi connectivity index (χ4n) is 9.42. The average Bonchev–Trinajstić information content (AvgIpc) is 3.60. The first-order valence-corrected chi connectivity index (χ1v) is 21.6. The molecule has 0 aromatic heterocycles. The summed E-state index contributed by atoms with van der Waals surface area (Å²) in [5.41, 5.74) is 19.2. The maximum atomic E-state index is 5.68. The van der Waals surface area contributed by atoms with Gasteiger partial charge in [0.15, 0.2) is 0 Å². The summed E-state index contributed by atoms with van der Waals surface area (Å²) in [6.07, 6.45) is 4.00. The zero-order valence-electron chi connectivity index (χ0n) is 34.5. The maximum absolute atomic E-state index is 5.68. The Morgan fingerprint density at radius 2 is 1.15 bits per heavy atom. The first kappa shape index (κ1) is 39.0. The smallest absolute Gasteiger partial charge is 0.0730 e. The van der Waals surface area contributed by atoms with Gasteiger partial charge in [0.1, 0.15) is 0 Å². The summed E-state index contributed by atoms with van der Waals surface area (Å²) < 4.78 is 0. The van der Waals surface area contributed by atoms with E-state index in [9.17, 15) is 0 Å². The predicted octanol–water partition coefficient (Wildman–Crippen LogP) is 15.3. The molecule has 0 N–H and O–H groups in total. The first-order chi connectivity index (χ1) is 29.4. The number of fused-ring (bicyclic) bond motifs is 3. The molecule has 0 saturated carbocycles. The number of hydrogen-bond acceptors (Lipinski definition) is 2. The molecule has 1 nitrogen and oxygen atoms in total. The van der Waals surface area contributed by atoms with Crippen molar-refractivity contribution in [2.24, 2.45) is 4.99 Å². The Balaban J connectivity index is 1.19. The molecule has 0 amide bonds. The SMILES string of the molecule is CCc1ccccc1-c1cc(/C=C(/C)C/C(=N\C(C)c2cc3c(cc2-c2ccccc2)C(c2ccccc2)(c2ccccc2)c2ccccc2-3)c2ccccc2)ccc1S. The van der Waals surface area contributed by atoms with Gasteiger partial charge in [0.25, 0.3) is 0 Å². The lowest BCUT2D eigenvalue weighted by Crippen LogP contribution is -2.28. The van der Waals surface area contributed by atoms with Crippen LogP contribution >= 0.6 is 12.6 Å². The molecular weight excluding hydrogens is 743 g/mol. The van der Waals surface area contributed by atoms with E-state index in [1.807, 2.05) is 0 Å². The molecule has 0 bridgehead atoms. The number of aliphatic imine (C=N–C) groups is 1. The molecule has 60 heavy (non-hydrogen) atoms. The van der Waals surface area contributed by atoms with E-state index < -0.39 is 5.41 Å². The quantitative estimate of drug-likeness (QED) is 0.0989. The third kappa shape index (κ3) is 7.27. The van der Waals surface area contributed by atoms with Gasteiger partial charge in [0, 0.05) is 17.0 Å². The van der Waals surface area contributed by atoms with Crippen LogP contribution < -0.4 is 0 Å². The first-order valence-electron chi connectivity index (χ1n) is 21.1. The van der Waals surface area contributed by atoms with E-state index in [1.54, 1.807) is 0 Å². The summed E-state index contributed by atoms with van der Waals surface area (Å²) >= 11 is 4.89. The molecule has 0 aliphatic heterocycles. The second kappa shape index (κ2) is 17.0. The number of benzene rings is 8. The van der Waals surface area contributed by atoms with Crippen molar-refractivity contribution in [3.05, 3.63) is 250 Å². The van der Waals surface area contributed by atoms with Crippen LogP contribution in [0, 0.1) is 0 Å². The van der Waals surface area contributed by atoms with Crippen LogP contribution in [0.3, 0.4) is 0 Å². The van der Waals surface area contributed by atoms with Gasteiger partial charge in [0.05, 0.1) is 11.5 Å². The molecule has 0 radical (unpaired) electrons. The average molecular weight is 792 g/mol. The molecular formula is C58H49NS. The number of allylic oxidation sites excluding steroid dienone is 1. The van der Waals surface area contributed by atoms with Crippen molar-refractivity contribution in [3.63, 3.8) is 0 Å². The fraction of sp³-hybridized carbons (Fsp3) is 0.121. The second-order valence-corrected chi connectivity index (χ2v) is 16.4. The van der Waals surface area contributed by atoms with Crippen LogP contribution in [-0.4, -0.2) is 5.71 Å². The van der Waals surface area contributed by atoms with Gasteiger partial charge in [-0.1, -0.05) is 194 Å². The van der Waals surface area contributed by atoms with Crippen molar-refractivity contribution in [2.75, 3.05) is 0 Å². The lowest BCUT2D eigenvalue weighted by Gasteiger charge is -2.34. The van der Waals surface area contributed by atoms with E-state index >= 15 is 0 Å². The Morgan fingerprint density at radius 1 is 0.567 bits per heavy atom. The zero-order valence-corrected chi connectivity index (χ0v) is 35.4. The van der Waals surface area contributed by atoms with Crippen molar-refractivity contribution in [1.82, 2.24) is 0 Å². The van der Waals surface area contributed by atoms with Crippen molar-refractivity contribution < 1.29 is 0 Å². The summed E-state index contributed by atoms with van der Waals surface area (Å²) in [5.74, 6) is 0. The molecule has 2 heteroatoms. The summed E-state index contributed by atoms with van der Waals surface area (Å²) in [4.78, 5) is 6.67. The molecule has 1 aliphatic rings. The van der Waals surface area contributed by atoms with E-state index in [1.165, 1.54) is 66.8 Å². The van der Waals surface area contributed by atoms with E-state index in [4.69, 9.17) is 17.6 Å². The van der Waals surface area contributed by atoms with Gasteiger partial charge in [0.2, 0.25) is 0 Å². The van der Waals surface area contributed by atoms with E-state index in [-0.39, 0.29) is 6.04 Å². The third-order valence-electron chi connectivity index (χ3n) is 12.2. The van der Waals surface area contributed by atoms with E-state index in [2.05, 4.69) is 227 Å². The van der Waals surface area contributed by atoms with Gasteiger partial charge >= 0.3 is 0 Å². The van der Waals surface area contributed by atoms with Crippen molar-refractivity contribution in [3.8, 4) is 33.4 Å². The summed E-state index contributed by atoms with van der Waals surface area (Å²) in [5, 5.41) is 0. The highest BCUT2D eigenvalue weighted by Crippen LogP contribution is 2.57. The van der Waals surface area contributed by atoms with Crippen LogP contribution in [-0.2, 0) is 11.8 Å². The molecule has 8 aromatic rings. The molecule has 1 atom stereocenters. The Labute approximate surface area is 361 Å². The van der Waals surface area contributed by atoms with Crippen molar-refractivity contribution in [1.29, 1.82) is 0 Å². The Hall–Kier alpha value is -6.48. The van der Waals surface area contributed by atoms with Crippen molar-refractivity contribution in [2.45, 2.75) is 50.0 Å². The molecule has 8 aromatic carbocycles. The highest BCUT2D eigenvalue weighted by Gasteiger charge is 2.46. The van der Waals surface area contributed by atoms with Gasteiger partial charge < -0.3 is 0 Å². The number of thiol groups is 1. The zero-order chi connectivity index (χ0) is 41.1. The monoisotopic (exact) mass is 791 g/mol. The molecule has 0 fully saturated rings. The predicted molar refractivity (Wildman–Crippen MR) is 257 cm³/mol. The third-order valence-corrected chi connectivity index (χ3v) is 12.6. The minimum Gasteiger partial charge on any atom is -0.281 e. The van der Waals surface area contributed by atoms with Crippen LogP contribution in [0.2, 0.25) is 0 Å². The van der Waals surface area contributed by atoms with E-state index in [0.29, 0.717) is 0 Å². The maximum Gasteiger partial charge on any atom is 0.0730 e. The van der Waals surface area contributed by atoms with Crippen LogP contribution in [0.4, 0.5) is 0 Å². The Morgan fingerprint density at radius 3 is 1.82 bits per heavy atom. The lowest BCUT2D eigenvalue weighted by atomic mass is 9.67. The lowest BCUT2D eigenvalue weighted by molar-refractivity contribution is 0.765. The van der Waals surface area contributed by atoms with Crippen LogP contribution in [0.5, 0.6) is 0 Å². The van der Waals surface area contributed by atoms with Gasteiger partial charge in [-0.25, -0.2) is 0 Å². The minimum atomic E-state index is -0.482. The largest absolute Gasteiger partial charge is 0.281 e. The number of nitrogens with zero attached hydrogens (tertiary/aromatic N) is 1. The molecule has 0 spiro atoms. The normalized spacial score (nSPS) is 13.7. The second-order valence-electron chi connectivity index (χ2n) is 16.0. The molecule has 0 heterocycles. The van der Waals surface area contributed by atoms with Gasteiger partial charge in [-0.3, -0.25) is 4.99 Å². The highest BCUT2D eigenvalue weighted by atomic mass is 32.1. The molecule has 292 valence electrons. The Kier molecular flexibility index (Phi) is 11.1. The van der Waals surface area contributed by atoms with Gasteiger partial charge in [-0.05, 0) is 122 Å². The van der Waals surface area contributed by atoms with Crippen molar-refractivity contribution >= 4 is 24.4 Å². The molecule has 0 saturated heterocycles. The summed E-state index contributed by atoms with van der Waals surface area (Å²) in [6, 6.07) is 72.7. The number of hydrogen-bond donors (Lipinski definition) is 1. The fourth-order valence-corrected chi connectivity index (χ4v) is 9.68. The van der Waals surface area contributed by atoms with Gasteiger partial charge in [-0.15, -0.1) is 12.6 Å². The van der Waals surface area contributed by atoms with E-state index in [0.717, 1.165) is 40.1 Å². The topological polar surface area (TPSA) is 12.4 Å². The number of rotatable bonds is 11.